The van der Waals surface area contributed by atoms with E-state index in [2.05, 4.69) is 27.7 Å². The van der Waals surface area contributed by atoms with E-state index in [1.54, 1.807) is 19.2 Å². The molecular weight excluding hydrogens is 435 g/mol. The van der Waals surface area contributed by atoms with Crippen molar-refractivity contribution in [1.29, 1.82) is 0 Å². The van der Waals surface area contributed by atoms with Crippen molar-refractivity contribution in [3.63, 3.8) is 0 Å². The maximum atomic E-state index is 13.2. The summed E-state index contributed by atoms with van der Waals surface area (Å²) < 4.78 is 18.3. The molecule has 3 amide bonds. The SMILES string of the molecule is CCCC(NC(=O)NCc1ccc(F)cc1)C(=O)N1CCCN(Cc2ccc(OC)cc2)CC1. The summed E-state index contributed by atoms with van der Waals surface area (Å²) in [5.74, 6) is 0.486. The second-order valence-electron chi connectivity index (χ2n) is 8.60. The number of hydrogen-bond donors (Lipinski definition) is 2. The van der Waals surface area contributed by atoms with E-state index in [1.807, 2.05) is 24.0 Å². The number of methoxy groups -OCH3 is 1. The minimum Gasteiger partial charge on any atom is -0.497 e. The van der Waals surface area contributed by atoms with Gasteiger partial charge in [-0.05, 0) is 48.2 Å². The van der Waals surface area contributed by atoms with Crippen molar-refractivity contribution in [2.75, 3.05) is 33.3 Å². The summed E-state index contributed by atoms with van der Waals surface area (Å²) in [5, 5.41) is 5.60. The number of halogens is 1. The third-order valence-corrected chi connectivity index (χ3v) is 6.01. The molecule has 1 unspecified atom stereocenters. The van der Waals surface area contributed by atoms with Crippen LogP contribution in [-0.4, -0.2) is 61.1 Å². The first-order chi connectivity index (χ1) is 16.5. The fourth-order valence-corrected chi connectivity index (χ4v) is 4.10. The molecule has 0 bridgehead atoms. The van der Waals surface area contributed by atoms with Gasteiger partial charge in [0.05, 0.1) is 7.11 Å². The Morgan fingerprint density at radius 1 is 1.00 bits per heavy atom. The molecule has 0 aromatic heterocycles. The van der Waals surface area contributed by atoms with E-state index in [1.165, 1.54) is 17.7 Å². The Balaban J connectivity index is 1.50. The van der Waals surface area contributed by atoms with E-state index in [0.717, 1.165) is 43.8 Å². The number of nitrogens with one attached hydrogen (secondary N) is 2. The van der Waals surface area contributed by atoms with E-state index in [9.17, 15) is 14.0 Å². The summed E-state index contributed by atoms with van der Waals surface area (Å²) in [6, 6.07) is 13.1. The van der Waals surface area contributed by atoms with Gasteiger partial charge in [-0.3, -0.25) is 9.69 Å². The molecule has 2 N–H and O–H groups in total. The maximum Gasteiger partial charge on any atom is 0.315 e. The van der Waals surface area contributed by atoms with Gasteiger partial charge in [-0.2, -0.15) is 0 Å². The van der Waals surface area contributed by atoms with Gasteiger partial charge in [0.15, 0.2) is 0 Å². The third-order valence-electron chi connectivity index (χ3n) is 6.01. The van der Waals surface area contributed by atoms with Gasteiger partial charge >= 0.3 is 6.03 Å². The highest BCUT2D eigenvalue weighted by Crippen LogP contribution is 2.15. The molecule has 2 aromatic carbocycles. The highest BCUT2D eigenvalue weighted by Gasteiger charge is 2.27. The molecule has 1 atom stereocenters. The first-order valence-electron chi connectivity index (χ1n) is 11.9. The number of amides is 3. The quantitative estimate of drug-likeness (QED) is 0.588. The highest BCUT2D eigenvalue weighted by atomic mass is 19.1. The van der Waals surface area contributed by atoms with Crippen LogP contribution < -0.4 is 15.4 Å². The van der Waals surface area contributed by atoms with Gasteiger partial charge in [-0.15, -0.1) is 0 Å². The molecule has 1 aliphatic rings. The monoisotopic (exact) mass is 470 g/mol. The second kappa shape index (κ2) is 12.9. The lowest BCUT2D eigenvalue weighted by molar-refractivity contribution is -0.133. The zero-order valence-electron chi connectivity index (χ0n) is 20.1. The number of urea groups is 1. The Hall–Kier alpha value is -3.13. The van der Waals surface area contributed by atoms with E-state index in [0.29, 0.717) is 19.5 Å². The Morgan fingerprint density at radius 2 is 1.71 bits per heavy atom. The molecule has 1 fully saturated rings. The van der Waals surface area contributed by atoms with Crippen molar-refractivity contribution in [2.45, 2.75) is 45.3 Å². The first kappa shape index (κ1) is 25.5. The van der Waals surface area contributed by atoms with Crippen LogP contribution in [0, 0.1) is 5.82 Å². The Kier molecular flexibility index (Phi) is 9.70. The van der Waals surface area contributed by atoms with Crippen LogP contribution in [-0.2, 0) is 17.9 Å². The summed E-state index contributed by atoms with van der Waals surface area (Å²) in [6.45, 7) is 6.10. The molecule has 2 aromatic rings. The van der Waals surface area contributed by atoms with Crippen LogP contribution in [0.3, 0.4) is 0 Å². The van der Waals surface area contributed by atoms with Crippen LogP contribution in [0.1, 0.15) is 37.3 Å². The molecule has 1 aliphatic heterocycles. The van der Waals surface area contributed by atoms with Gasteiger partial charge in [0.2, 0.25) is 5.91 Å². The lowest BCUT2D eigenvalue weighted by Crippen LogP contribution is -2.51. The van der Waals surface area contributed by atoms with Crippen molar-refractivity contribution < 1.29 is 18.7 Å². The zero-order chi connectivity index (χ0) is 24.3. The number of hydrogen-bond acceptors (Lipinski definition) is 4. The summed E-state index contributed by atoms with van der Waals surface area (Å²) in [7, 11) is 1.66. The smallest absolute Gasteiger partial charge is 0.315 e. The molecule has 34 heavy (non-hydrogen) atoms. The maximum absolute atomic E-state index is 13.2. The highest BCUT2D eigenvalue weighted by molar-refractivity contribution is 5.87. The largest absolute Gasteiger partial charge is 0.497 e. The molecule has 7 nitrogen and oxygen atoms in total. The van der Waals surface area contributed by atoms with Crippen molar-refractivity contribution in [1.82, 2.24) is 20.4 Å². The molecule has 0 spiro atoms. The molecule has 3 rings (SSSR count). The van der Waals surface area contributed by atoms with E-state index in [4.69, 9.17) is 4.74 Å². The van der Waals surface area contributed by atoms with Crippen LogP contribution in [0.2, 0.25) is 0 Å². The lowest BCUT2D eigenvalue weighted by atomic mass is 10.1. The molecule has 0 radical (unpaired) electrons. The van der Waals surface area contributed by atoms with Crippen molar-refractivity contribution >= 4 is 11.9 Å². The van der Waals surface area contributed by atoms with Gasteiger partial charge in [0.25, 0.3) is 0 Å². The van der Waals surface area contributed by atoms with Crippen molar-refractivity contribution in [2.24, 2.45) is 0 Å². The van der Waals surface area contributed by atoms with E-state index < -0.39 is 12.1 Å². The van der Waals surface area contributed by atoms with Gasteiger partial charge in [-0.25, -0.2) is 9.18 Å². The Labute approximate surface area is 201 Å². The molecule has 1 heterocycles. The van der Waals surface area contributed by atoms with Crippen LogP contribution >= 0.6 is 0 Å². The van der Waals surface area contributed by atoms with Crippen LogP contribution in [0.15, 0.2) is 48.5 Å². The zero-order valence-corrected chi connectivity index (χ0v) is 20.1. The predicted molar refractivity (Wildman–Crippen MR) is 130 cm³/mol. The topological polar surface area (TPSA) is 73.9 Å². The minimum absolute atomic E-state index is 0.0370. The fraction of sp³-hybridized carbons (Fsp3) is 0.462. The summed E-state index contributed by atoms with van der Waals surface area (Å²) >= 11 is 0. The lowest BCUT2D eigenvalue weighted by Gasteiger charge is -2.27. The fourth-order valence-electron chi connectivity index (χ4n) is 4.10. The number of ether oxygens (including phenoxy) is 1. The van der Waals surface area contributed by atoms with Crippen molar-refractivity contribution in [3.8, 4) is 5.75 Å². The van der Waals surface area contributed by atoms with Crippen LogP contribution in [0.25, 0.3) is 0 Å². The molecular formula is C26H35FN4O3. The van der Waals surface area contributed by atoms with E-state index in [-0.39, 0.29) is 18.3 Å². The van der Waals surface area contributed by atoms with Gasteiger partial charge in [-0.1, -0.05) is 37.6 Å². The molecule has 0 aliphatic carbocycles. The average molecular weight is 471 g/mol. The third kappa shape index (κ3) is 7.73. The van der Waals surface area contributed by atoms with Crippen molar-refractivity contribution in [3.05, 3.63) is 65.5 Å². The number of carbonyl (C=O) groups excluding carboxylic acids is 2. The average Bonchev–Trinajstić information content (AvgIpc) is 3.09. The second-order valence-corrected chi connectivity index (χ2v) is 8.60. The standard InChI is InChI=1S/C26H35FN4O3/c1-3-5-24(29-26(33)28-18-20-6-10-22(27)11-7-20)25(32)31-15-4-14-30(16-17-31)19-21-8-12-23(34-2)13-9-21/h6-13,24H,3-5,14-19H2,1-2H3,(H2,28,29,33). The number of benzene rings is 2. The number of carbonyl (C=O) groups is 2. The van der Waals surface area contributed by atoms with Gasteiger partial charge in [0.1, 0.15) is 17.6 Å². The first-order valence-corrected chi connectivity index (χ1v) is 11.9. The number of nitrogens with zero attached hydrogens (tertiary/aromatic N) is 2. The summed E-state index contributed by atoms with van der Waals surface area (Å²) in [5.41, 5.74) is 2.00. The predicted octanol–water partition coefficient (Wildman–Crippen LogP) is 3.54. The number of rotatable bonds is 9. The van der Waals surface area contributed by atoms with Crippen LogP contribution in [0.5, 0.6) is 5.75 Å². The van der Waals surface area contributed by atoms with Gasteiger partial charge < -0.3 is 20.3 Å². The Bertz CT molecular complexity index is 921. The Morgan fingerprint density at radius 3 is 2.38 bits per heavy atom. The molecule has 0 saturated carbocycles. The van der Waals surface area contributed by atoms with Gasteiger partial charge in [0, 0.05) is 39.3 Å². The molecule has 1 saturated heterocycles. The molecule has 8 heteroatoms. The molecule has 184 valence electrons. The normalized spacial score (nSPS) is 15.3. The summed E-state index contributed by atoms with van der Waals surface area (Å²) in [4.78, 5) is 29.9. The summed E-state index contributed by atoms with van der Waals surface area (Å²) in [6.07, 6.45) is 2.25. The minimum atomic E-state index is -0.564. The van der Waals surface area contributed by atoms with Crippen LogP contribution in [0.4, 0.5) is 9.18 Å². The van der Waals surface area contributed by atoms with E-state index >= 15 is 0 Å².